The van der Waals surface area contributed by atoms with Gasteiger partial charge in [0.1, 0.15) is 5.75 Å². The van der Waals surface area contributed by atoms with Crippen LogP contribution in [0.3, 0.4) is 0 Å². The highest BCUT2D eigenvalue weighted by molar-refractivity contribution is 5.52. The lowest BCUT2D eigenvalue weighted by Crippen LogP contribution is -2.17. The number of rotatable bonds is 3. The molecule has 3 rings (SSSR count). The summed E-state index contributed by atoms with van der Waals surface area (Å²) < 4.78 is 5.30. The first kappa shape index (κ1) is 12.9. The molecule has 4 nitrogen and oxygen atoms in total. The summed E-state index contributed by atoms with van der Waals surface area (Å²) in [6.45, 7) is 4.62. The van der Waals surface area contributed by atoms with E-state index in [1.165, 1.54) is 11.1 Å². The topological polar surface area (TPSA) is 51.4 Å². The van der Waals surface area contributed by atoms with E-state index in [0.29, 0.717) is 0 Å². The lowest BCUT2D eigenvalue weighted by Gasteiger charge is -2.15. The van der Waals surface area contributed by atoms with E-state index >= 15 is 0 Å². The molecule has 1 aromatic carbocycles. The monoisotopic (exact) mass is 269 g/mol. The van der Waals surface area contributed by atoms with Crippen LogP contribution in [0, 0.1) is 6.92 Å². The first-order valence-electron chi connectivity index (χ1n) is 6.76. The molecule has 0 amide bonds. The van der Waals surface area contributed by atoms with Gasteiger partial charge in [-0.2, -0.15) is 0 Å². The molecule has 0 saturated carbocycles. The lowest BCUT2D eigenvalue weighted by atomic mass is 10.1. The van der Waals surface area contributed by atoms with Gasteiger partial charge < -0.3 is 10.5 Å². The molecule has 1 aromatic heterocycles. The molecule has 2 N–H and O–H groups in total. The summed E-state index contributed by atoms with van der Waals surface area (Å²) in [4.78, 5) is 6.93. The number of benzene rings is 1. The third-order valence-corrected chi connectivity index (χ3v) is 3.69. The van der Waals surface area contributed by atoms with E-state index in [1.54, 1.807) is 7.11 Å². The predicted molar refractivity (Wildman–Crippen MR) is 79.3 cm³/mol. The van der Waals surface area contributed by atoms with Crippen molar-refractivity contribution in [2.24, 2.45) is 0 Å². The second-order valence-corrected chi connectivity index (χ2v) is 5.27. The van der Waals surface area contributed by atoms with Crippen LogP contribution >= 0.6 is 0 Å². The number of hydrogen-bond donors (Lipinski definition) is 1. The van der Waals surface area contributed by atoms with Crippen molar-refractivity contribution < 1.29 is 4.74 Å². The van der Waals surface area contributed by atoms with Crippen molar-refractivity contribution in [2.75, 3.05) is 12.8 Å². The number of nitrogens with two attached hydrogens (primary N) is 1. The molecular formula is C16H19N3O. The van der Waals surface area contributed by atoms with E-state index in [2.05, 4.69) is 16.0 Å². The Hall–Kier alpha value is -2.07. The van der Waals surface area contributed by atoms with Crippen molar-refractivity contribution in [1.82, 2.24) is 9.88 Å². The highest BCUT2D eigenvalue weighted by Gasteiger charge is 2.21. The van der Waals surface area contributed by atoms with Crippen molar-refractivity contribution in [3.05, 3.63) is 52.8 Å². The molecule has 0 radical (unpaired) electrons. The number of nitrogens with zero attached hydrogens (tertiary/aromatic N) is 2. The number of methoxy groups -OCH3 is 1. The molecule has 1 aliphatic rings. The van der Waals surface area contributed by atoms with Crippen molar-refractivity contribution in [1.29, 1.82) is 0 Å². The summed E-state index contributed by atoms with van der Waals surface area (Å²) >= 11 is 0. The molecule has 0 spiro atoms. The average Bonchev–Trinajstić information content (AvgIpc) is 2.82. The molecule has 2 aromatic rings. The Morgan fingerprint density at radius 2 is 2.15 bits per heavy atom. The fraction of sp³-hybridized carbons (Fsp3) is 0.312. The van der Waals surface area contributed by atoms with Crippen LogP contribution in [0.25, 0.3) is 0 Å². The molecule has 1 aliphatic heterocycles. The van der Waals surface area contributed by atoms with Gasteiger partial charge in [0.05, 0.1) is 12.8 Å². The first-order chi connectivity index (χ1) is 9.65. The maximum absolute atomic E-state index is 6.03. The van der Waals surface area contributed by atoms with Gasteiger partial charge in [0.2, 0.25) is 0 Å². The zero-order valence-electron chi connectivity index (χ0n) is 11.9. The second kappa shape index (κ2) is 5.13. The molecule has 0 bridgehead atoms. The Labute approximate surface area is 119 Å². The Morgan fingerprint density at radius 3 is 2.90 bits per heavy atom. The Balaban J connectivity index is 1.78. The normalized spacial score (nSPS) is 14.3. The van der Waals surface area contributed by atoms with E-state index in [-0.39, 0.29) is 0 Å². The lowest BCUT2D eigenvalue weighted by molar-refractivity contribution is 0.271. The van der Waals surface area contributed by atoms with Crippen LogP contribution in [0.5, 0.6) is 5.75 Å². The summed E-state index contributed by atoms with van der Waals surface area (Å²) in [5, 5.41) is 0. The molecule has 0 aliphatic carbocycles. The number of aryl methyl sites for hydroxylation is 1. The van der Waals surface area contributed by atoms with Gasteiger partial charge in [-0.25, -0.2) is 0 Å². The number of pyridine rings is 1. The van der Waals surface area contributed by atoms with E-state index in [0.717, 1.165) is 42.5 Å². The van der Waals surface area contributed by atoms with E-state index in [9.17, 15) is 0 Å². The number of hydrogen-bond acceptors (Lipinski definition) is 4. The quantitative estimate of drug-likeness (QED) is 0.870. The minimum absolute atomic E-state index is 0.812. The zero-order valence-corrected chi connectivity index (χ0v) is 11.9. The number of ether oxygens (including phenoxy) is 1. The van der Waals surface area contributed by atoms with Gasteiger partial charge in [-0.1, -0.05) is 12.1 Å². The predicted octanol–water partition coefficient (Wildman–Crippen LogP) is 2.50. The van der Waals surface area contributed by atoms with Crippen LogP contribution < -0.4 is 10.5 Å². The Kier molecular flexibility index (Phi) is 3.32. The van der Waals surface area contributed by atoms with Crippen LogP contribution in [0.1, 0.15) is 22.5 Å². The Bertz CT molecular complexity index is 640. The number of anilines is 1. The molecule has 2 heterocycles. The van der Waals surface area contributed by atoms with Gasteiger partial charge in [0, 0.05) is 43.1 Å². The number of aromatic nitrogens is 1. The highest BCUT2D eigenvalue weighted by atomic mass is 16.5. The van der Waals surface area contributed by atoms with Crippen molar-refractivity contribution >= 4 is 5.69 Å². The Morgan fingerprint density at radius 1 is 1.30 bits per heavy atom. The molecule has 0 atom stereocenters. The molecule has 104 valence electrons. The van der Waals surface area contributed by atoms with Gasteiger partial charge in [-0.05, 0) is 24.1 Å². The van der Waals surface area contributed by atoms with Crippen LogP contribution in [-0.4, -0.2) is 17.0 Å². The molecule has 0 fully saturated rings. The SMILES string of the molecule is COc1cc(C)nc(CN2Cc3cccc(N)c3C2)c1. The molecule has 0 saturated heterocycles. The zero-order chi connectivity index (χ0) is 14.1. The summed E-state index contributed by atoms with van der Waals surface area (Å²) in [6, 6.07) is 10.1. The van der Waals surface area contributed by atoms with E-state index in [1.807, 2.05) is 31.2 Å². The smallest absolute Gasteiger partial charge is 0.122 e. The fourth-order valence-corrected chi connectivity index (χ4v) is 2.76. The van der Waals surface area contributed by atoms with Crippen LogP contribution in [-0.2, 0) is 19.6 Å². The minimum atomic E-state index is 0.812. The van der Waals surface area contributed by atoms with Gasteiger partial charge in [-0.15, -0.1) is 0 Å². The third-order valence-electron chi connectivity index (χ3n) is 3.69. The summed E-state index contributed by atoms with van der Waals surface area (Å²) in [5.74, 6) is 0.865. The number of nitrogen functional groups attached to an aromatic ring is 1. The highest BCUT2D eigenvalue weighted by Crippen LogP contribution is 2.28. The van der Waals surface area contributed by atoms with Gasteiger partial charge in [0.15, 0.2) is 0 Å². The summed E-state index contributed by atoms with van der Waals surface area (Å²) in [7, 11) is 1.69. The number of fused-ring (bicyclic) bond motifs is 1. The maximum atomic E-state index is 6.03. The summed E-state index contributed by atoms with van der Waals surface area (Å²) in [6.07, 6.45) is 0. The minimum Gasteiger partial charge on any atom is -0.497 e. The molecular weight excluding hydrogens is 250 g/mol. The largest absolute Gasteiger partial charge is 0.497 e. The van der Waals surface area contributed by atoms with Crippen molar-refractivity contribution in [3.63, 3.8) is 0 Å². The maximum Gasteiger partial charge on any atom is 0.122 e. The van der Waals surface area contributed by atoms with Crippen LogP contribution in [0.4, 0.5) is 5.69 Å². The van der Waals surface area contributed by atoms with Crippen LogP contribution in [0.2, 0.25) is 0 Å². The average molecular weight is 269 g/mol. The van der Waals surface area contributed by atoms with Gasteiger partial charge >= 0.3 is 0 Å². The standard InChI is InChI=1S/C16H19N3O/c1-11-6-14(20-2)7-13(18-11)9-19-8-12-4-3-5-16(17)15(12)10-19/h3-7H,8-10,17H2,1-2H3. The van der Waals surface area contributed by atoms with E-state index < -0.39 is 0 Å². The third kappa shape index (κ3) is 2.47. The van der Waals surface area contributed by atoms with E-state index in [4.69, 9.17) is 10.5 Å². The van der Waals surface area contributed by atoms with Gasteiger partial charge in [-0.3, -0.25) is 9.88 Å². The molecule has 0 unspecified atom stereocenters. The van der Waals surface area contributed by atoms with Crippen LogP contribution in [0.15, 0.2) is 30.3 Å². The van der Waals surface area contributed by atoms with Gasteiger partial charge in [0.25, 0.3) is 0 Å². The van der Waals surface area contributed by atoms with Crippen molar-refractivity contribution in [2.45, 2.75) is 26.6 Å². The van der Waals surface area contributed by atoms with Crippen molar-refractivity contribution in [3.8, 4) is 5.75 Å². The fourth-order valence-electron chi connectivity index (χ4n) is 2.76. The summed E-state index contributed by atoms with van der Waals surface area (Å²) in [5.41, 5.74) is 11.5. The molecule has 20 heavy (non-hydrogen) atoms. The molecule has 4 heteroatoms. The second-order valence-electron chi connectivity index (χ2n) is 5.27. The first-order valence-corrected chi connectivity index (χ1v) is 6.76.